The van der Waals surface area contributed by atoms with Gasteiger partial charge in [0.05, 0.1) is 6.10 Å². The van der Waals surface area contributed by atoms with E-state index in [0.717, 1.165) is 10.0 Å². The monoisotopic (exact) mass is 297 g/mol. The van der Waals surface area contributed by atoms with Crippen molar-refractivity contribution in [2.75, 3.05) is 0 Å². The van der Waals surface area contributed by atoms with E-state index in [2.05, 4.69) is 26.1 Å². The largest absolute Gasteiger partial charge is 0.391 e. The van der Waals surface area contributed by atoms with Crippen LogP contribution in [0.1, 0.15) is 18.9 Å². The normalized spacial score (nSPS) is 14.6. The zero-order chi connectivity index (χ0) is 12.4. The first-order valence-electron chi connectivity index (χ1n) is 5.11. The van der Waals surface area contributed by atoms with Gasteiger partial charge in [0.2, 0.25) is 11.7 Å². The molecule has 0 aliphatic heterocycles. The van der Waals surface area contributed by atoms with Crippen LogP contribution in [-0.4, -0.2) is 21.4 Å². The van der Waals surface area contributed by atoms with Gasteiger partial charge in [-0.15, -0.1) is 0 Å². The van der Waals surface area contributed by atoms with Gasteiger partial charge in [-0.2, -0.15) is 4.98 Å². The molecule has 3 N–H and O–H groups in total. The Hall–Kier alpha value is -1.24. The third kappa shape index (κ3) is 2.71. The van der Waals surface area contributed by atoms with E-state index in [1.807, 2.05) is 24.3 Å². The highest BCUT2D eigenvalue weighted by Gasteiger charge is 2.19. The van der Waals surface area contributed by atoms with Crippen LogP contribution in [0.4, 0.5) is 0 Å². The summed E-state index contributed by atoms with van der Waals surface area (Å²) in [6.45, 7) is 1.58. The highest BCUT2D eigenvalue weighted by molar-refractivity contribution is 9.10. The van der Waals surface area contributed by atoms with Crippen molar-refractivity contribution in [2.45, 2.75) is 19.1 Å². The zero-order valence-corrected chi connectivity index (χ0v) is 10.8. The second-order valence-corrected chi connectivity index (χ2v) is 4.65. The molecule has 0 radical (unpaired) electrons. The maximum Gasteiger partial charge on any atom is 0.246 e. The summed E-state index contributed by atoms with van der Waals surface area (Å²) in [7, 11) is 0. The molecule has 0 bridgehead atoms. The Balaban J connectivity index is 2.26. The molecule has 2 rings (SSSR count). The molecule has 2 unspecified atom stereocenters. The van der Waals surface area contributed by atoms with Crippen molar-refractivity contribution < 1.29 is 9.63 Å². The molecular formula is C11H12BrN3O2. The Kier molecular flexibility index (Phi) is 3.56. The van der Waals surface area contributed by atoms with Crippen LogP contribution in [0.3, 0.4) is 0 Å². The summed E-state index contributed by atoms with van der Waals surface area (Å²) in [5.41, 5.74) is 6.53. The fourth-order valence-electron chi connectivity index (χ4n) is 1.29. The van der Waals surface area contributed by atoms with Crippen LogP contribution in [0.2, 0.25) is 0 Å². The van der Waals surface area contributed by atoms with Gasteiger partial charge < -0.3 is 15.4 Å². The summed E-state index contributed by atoms with van der Waals surface area (Å²) in [4.78, 5) is 4.15. The molecule has 0 aliphatic carbocycles. The molecule has 0 saturated heterocycles. The predicted octanol–water partition coefficient (Wildman–Crippen LogP) is 1.88. The molecule has 17 heavy (non-hydrogen) atoms. The molecule has 2 aromatic rings. The predicted molar refractivity (Wildman–Crippen MR) is 66.0 cm³/mol. The van der Waals surface area contributed by atoms with Crippen molar-refractivity contribution in [3.63, 3.8) is 0 Å². The van der Waals surface area contributed by atoms with Crippen LogP contribution in [-0.2, 0) is 0 Å². The Morgan fingerprint density at radius 2 is 2.00 bits per heavy atom. The van der Waals surface area contributed by atoms with E-state index in [1.54, 1.807) is 6.92 Å². The SMILES string of the molecule is CC(O)C(N)c1nc(-c2ccc(Br)cc2)no1. The van der Waals surface area contributed by atoms with Crippen LogP contribution in [0.15, 0.2) is 33.3 Å². The summed E-state index contributed by atoms with van der Waals surface area (Å²) in [5.74, 6) is 0.696. The molecule has 6 heteroatoms. The lowest BCUT2D eigenvalue weighted by Gasteiger charge is -2.08. The van der Waals surface area contributed by atoms with Crippen LogP contribution in [0, 0.1) is 0 Å². The van der Waals surface area contributed by atoms with Gasteiger partial charge in [-0.25, -0.2) is 0 Å². The van der Waals surface area contributed by atoms with Crippen LogP contribution in [0.5, 0.6) is 0 Å². The van der Waals surface area contributed by atoms with E-state index >= 15 is 0 Å². The minimum absolute atomic E-state index is 0.234. The molecule has 0 amide bonds. The summed E-state index contributed by atoms with van der Waals surface area (Å²) < 4.78 is 5.99. The summed E-state index contributed by atoms with van der Waals surface area (Å²) in [6.07, 6.45) is -0.729. The molecule has 0 fully saturated rings. The summed E-state index contributed by atoms with van der Waals surface area (Å²) >= 11 is 3.35. The lowest BCUT2D eigenvalue weighted by molar-refractivity contribution is 0.146. The van der Waals surface area contributed by atoms with Crippen molar-refractivity contribution in [1.82, 2.24) is 10.1 Å². The minimum Gasteiger partial charge on any atom is -0.391 e. The Bertz CT molecular complexity index is 496. The number of rotatable bonds is 3. The maximum absolute atomic E-state index is 9.33. The van der Waals surface area contributed by atoms with E-state index in [0.29, 0.717) is 5.82 Å². The van der Waals surface area contributed by atoms with Gasteiger partial charge in [-0.3, -0.25) is 0 Å². The van der Waals surface area contributed by atoms with Crippen molar-refractivity contribution in [3.8, 4) is 11.4 Å². The molecular weight excluding hydrogens is 286 g/mol. The number of nitrogens with two attached hydrogens (primary N) is 1. The van der Waals surface area contributed by atoms with Crippen molar-refractivity contribution >= 4 is 15.9 Å². The number of aliphatic hydroxyl groups is 1. The third-order valence-corrected chi connectivity index (χ3v) is 2.88. The fourth-order valence-corrected chi connectivity index (χ4v) is 1.56. The van der Waals surface area contributed by atoms with E-state index in [-0.39, 0.29) is 5.89 Å². The van der Waals surface area contributed by atoms with Crippen LogP contribution < -0.4 is 5.73 Å². The highest BCUT2D eigenvalue weighted by atomic mass is 79.9. The molecule has 0 saturated carbocycles. The standard InChI is InChI=1S/C11H12BrN3O2/c1-6(16)9(13)11-14-10(15-17-11)7-2-4-8(12)5-3-7/h2-6,9,16H,13H2,1H3. The van der Waals surface area contributed by atoms with Crippen molar-refractivity contribution in [1.29, 1.82) is 0 Å². The topological polar surface area (TPSA) is 85.2 Å². The lowest BCUT2D eigenvalue weighted by atomic mass is 10.2. The average Bonchev–Trinajstić information content (AvgIpc) is 2.78. The highest BCUT2D eigenvalue weighted by Crippen LogP contribution is 2.21. The smallest absolute Gasteiger partial charge is 0.246 e. The van der Waals surface area contributed by atoms with E-state index < -0.39 is 12.1 Å². The Morgan fingerprint density at radius 3 is 2.59 bits per heavy atom. The Morgan fingerprint density at radius 1 is 1.35 bits per heavy atom. The van der Waals surface area contributed by atoms with Crippen molar-refractivity contribution in [2.24, 2.45) is 5.73 Å². The first-order chi connectivity index (χ1) is 8.08. The van der Waals surface area contributed by atoms with Gasteiger partial charge in [0, 0.05) is 10.0 Å². The Labute approximate surface area is 107 Å². The number of nitrogens with zero attached hydrogens (tertiary/aromatic N) is 2. The molecule has 2 atom stereocenters. The quantitative estimate of drug-likeness (QED) is 0.903. The number of benzene rings is 1. The summed E-state index contributed by atoms with van der Waals surface area (Å²) in [6, 6.07) is 6.85. The zero-order valence-electron chi connectivity index (χ0n) is 9.17. The van der Waals surface area contributed by atoms with Crippen molar-refractivity contribution in [3.05, 3.63) is 34.6 Å². The molecule has 1 heterocycles. The molecule has 5 nitrogen and oxygen atoms in total. The number of hydrogen-bond donors (Lipinski definition) is 2. The van der Waals surface area contributed by atoms with E-state index in [1.165, 1.54) is 0 Å². The maximum atomic E-state index is 9.33. The van der Waals surface area contributed by atoms with Gasteiger partial charge in [0.1, 0.15) is 6.04 Å². The van der Waals surface area contributed by atoms with E-state index in [9.17, 15) is 5.11 Å². The van der Waals surface area contributed by atoms with Gasteiger partial charge in [0.15, 0.2) is 0 Å². The molecule has 1 aromatic heterocycles. The van der Waals surface area contributed by atoms with Gasteiger partial charge in [-0.1, -0.05) is 21.1 Å². The summed E-state index contributed by atoms with van der Waals surface area (Å²) in [5, 5.41) is 13.2. The first kappa shape index (κ1) is 12.2. The molecule has 90 valence electrons. The third-order valence-electron chi connectivity index (χ3n) is 2.35. The van der Waals surface area contributed by atoms with Gasteiger partial charge in [-0.05, 0) is 31.2 Å². The van der Waals surface area contributed by atoms with E-state index in [4.69, 9.17) is 10.3 Å². The minimum atomic E-state index is -0.729. The lowest BCUT2D eigenvalue weighted by Crippen LogP contribution is -2.23. The van der Waals surface area contributed by atoms with Crippen LogP contribution >= 0.6 is 15.9 Å². The second kappa shape index (κ2) is 4.95. The number of aliphatic hydroxyl groups excluding tert-OH is 1. The molecule has 1 aromatic carbocycles. The van der Waals surface area contributed by atoms with Gasteiger partial charge >= 0.3 is 0 Å². The number of aromatic nitrogens is 2. The molecule has 0 aliphatic rings. The van der Waals surface area contributed by atoms with Gasteiger partial charge in [0.25, 0.3) is 0 Å². The fraction of sp³-hybridized carbons (Fsp3) is 0.273. The average molecular weight is 298 g/mol. The first-order valence-corrected chi connectivity index (χ1v) is 5.90. The number of hydrogen-bond acceptors (Lipinski definition) is 5. The number of halogens is 1. The second-order valence-electron chi connectivity index (χ2n) is 3.73. The molecule has 0 spiro atoms. The van der Waals surface area contributed by atoms with Crippen LogP contribution in [0.25, 0.3) is 11.4 Å².